The van der Waals surface area contributed by atoms with E-state index in [1.165, 1.54) is 22.5 Å². The number of nitrogens with zero attached hydrogens (tertiary/aromatic N) is 1. The van der Waals surface area contributed by atoms with Gasteiger partial charge in [-0.05, 0) is 12.0 Å². The maximum Gasteiger partial charge on any atom is 0.280 e. The second-order valence-corrected chi connectivity index (χ2v) is 9.98. The number of aromatic amines is 1. The monoisotopic (exact) mass is 394 g/mol. The van der Waals surface area contributed by atoms with Crippen LogP contribution in [0.1, 0.15) is 34.6 Å². The van der Waals surface area contributed by atoms with Gasteiger partial charge in [0.25, 0.3) is 11.7 Å². The summed E-state index contributed by atoms with van der Waals surface area (Å²) in [5.74, 6) is 7.06. The van der Waals surface area contributed by atoms with Gasteiger partial charge in [0.15, 0.2) is 4.83 Å². The Bertz CT molecular complexity index is 874. The molecular formula is C17H24N5O2S2+. The SMILES string of the molecule is CC1(C)Cc2c(c(N3CCOCC3)[nH+]c3sc(C(=O)NN)c(N)c23)CS1. The van der Waals surface area contributed by atoms with Crippen LogP contribution in [0.15, 0.2) is 0 Å². The summed E-state index contributed by atoms with van der Waals surface area (Å²) in [6.45, 7) is 7.69. The Kier molecular flexibility index (Phi) is 4.50. The molecule has 0 atom stereocenters. The number of aromatic nitrogens is 1. The predicted molar refractivity (Wildman–Crippen MR) is 107 cm³/mol. The number of H-pyrrole nitrogens is 1. The molecule has 26 heavy (non-hydrogen) atoms. The molecule has 4 heterocycles. The highest BCUT2D eigenvalue weighted by molar-refractivity contribution is 7.99. The van der Waals surface area contributed by atoms with Crippen molar-refractivity contribution in [3.63, 3.8) is 0 Å². The van der Waals surface area contributed by atoms with Gasteiger partial charge in [0, 0.05) is 10.5 Å². The minimum Gasteiger partial charge on any atom is -0.397 e. The highest BCUT2D eigenvalue weighted by Gasteiger charge is 2.36. The van der Waals surface area contributed by atoms with Gasteiger partial charge in [-0.1, -0.05) is 25.2 Å². The number of hydrogen-bond donors (Lipinski definition) is 3. The number of thioether (sulfide) groups is 1. The van der Waals surface area contributed by atoms with Gasteiger partial charge in [-0.25, -0.2) is 10.8 Å². The summed E-state index contributed by atoms with van der Waals surface area (Å²) < 4.78 is 5.64. The number of rotatable bonds is 2. The molecule has 0 unspecified atom stereocenters. The van der Waals surface area contributed by atoms with Crippen LogP contribution in [0.3, 0.4) is 0 Å². The standard InChI is InChI=1S/C17H23N5O2S2/c1-17(2)7-9-10(8-25-17)14(22-3-5-24-6-4-22)20-16-11(9)12(18)13(26-16)15(23)21-19/h3-8,18-19H2,1-2H3,(H,21,23)/p+1. The summed E-state index contributed by atoms with van der Waals surface area (Å²) in [6.07, 6.45) is 0.917. The molecule has 0 aromatic carbocycles. The Hall–Kier alpha value is -1.55. The lowest BCUT2D eigenvalue weighted by atomic mass is 9.94. The van der Waals surface area contributed by atoms with E-state index in [4.69, 9.17) is 16.3 Å². The van der Waals surface area contributed by atoms with Crippen LogP contribution >= 0.6 is 23.1 Å². The molecule has 6 N–H and O–H groups in total. The molecule has 2 aromatic rings. The first kappa shape index (κ1) is 17.8. The van der Waals surface area contributed by atoms with Crippen molar-refractivity contribution in [1.29, 1.82) is 0 Å². The fourth-order valence-electron chi connectivity index (χ4n) is 3.69. The molecule has 2 aliphatic rings. The van der Waals surface area contributed by atoms with Crippen LogP contribution < -0.4 is 26.9 Å². The zero-order chi connectivity index (χ0) is 18.5. The number of fused-ring (bicyclic) bond motifs is 3. The number of hydrazine groups is 1. The molecule has 2 aliphatic heterocycles. The van der Waals surface area contributed by atoms with E-state index in [2.05, 4.69) is 29.2 Å². The molecule has 0 bridgehead atoms. The number of amides is 1. The van der Waals surface area contributed by atoms with E-state index in [1.807, 2.05) is 11.8 Å². The first-order valence-electron chi connectivity index (χ1n) is 8.68. The topological polar surface area (TPSA) is 108 Å². The Morgan fingerprint density at radius 3 is 2.73 bits per heavy atom. The maximum absolute atomic E-state index is 12.1. The number of hydrogen-bond acceptors (Lipinski definition) is 7. The molecule has 0 spiro atoms. The maximum atomic E-state index is 12.1. The first-order chi connectivity index (χ1) is 12.4. The smallest absolute Gasteiger partial charge is 0.280 e. The Labute approximate surface area is 160 Å². The fourth-order valence-corrected chi connectivity index (χ4v) is 5.84. The van der Waals surface area contributed by atoms with Crippen molar-refractivity contribution in [3.8, 4) is 0 Å². The van der Waals surface area contributed by atoms with E-state index in [9.17, 15) is 4.79 Å². The van der Waals surface area contributed by atoms with Crippen LogP contribution in [-0.4, -0.2) is 37.0 Å². The summed E-state index contributed by atoms with van der Waals surface area (Å²) >= 11 is 3.33. The van der Waals surface area contributed by atoms with Crippen LogP contribution in [0.2, 0.25) is 0 Å². The third-order valence-electron chi connectivity index (χ3n) is 5.00. The summed E-state index contributed by atoms with van der Waals surface area (Å²) in [5.41, 5.74) is 11.7. The van der Waals surface area contributed by atoms with Crippen molar-refractivity contribution in [2.45, 2.75) is 30.8 Å². The van der Waals surface area contributed by atoms with E-state index >= 15 is 0 Å². The van der Waals surface area contributed by atoms with Crippen LogP contribution in [0.25, 0.3) is 10.2 Å². The van der Waals surface area contributed by atoms with E-state index in [0.717, 1.165) is 54.5 Å². The number of thiophene rings is 1. The lowest BCUT2D eigenvalue weighted by Gasteiger charge is -2.32. The molecule has 1 saturated heterocycles. The Morgan fingerprint density at radius 1 is 1.31 bits per heavy atom. The normalized spacial score (nSPS) is 19.4. The molecule has 0 aliphatic carbocycles. The summed E-state index contributed by atoms with van der Waals surface area (Å²) in [4.78, 5) is 19.5. The average Bonchev–Trinajstić information content (AvgIpc) is 2.97. The molecule has 9 heteroatoms. The third kappa shape index (κ3) is 2.92. The highest BCUT2D eigenvalue weighted by Crippen LogP contribution is 2.46. The molecule has 2 aromatic heterocycles. The van der Waals surface area contributed by atoms with Gasteiger partial charge >= 0.3 is 0 Å². The number of pyridine rings is 1. The zero-order valence-electron chi connectivity index (χ0n) is 15.0. The summed E-state index contributed by atoms with van der Waals surface area (Å²) in [6, 6.07) is 0. The quantitative estimate of drug-likeness (QED) is 0.403. The van der Waals surface area contributed by atoms with Crippen molar-refractivity contribution < 1.29 is 14.5 Å². The van der Waals surface area contributed by atoms with E-state index in [-0.39, 0.29) is 10.7 Å². The minimum atomic E-state index is -0.344. The van der Waals surface area contributed by atoms with Crippen LogP contribution in [-0.2, 0) is 16.9 Å². The molecule has 7 nitrogen and oxygen atoms in total. The van der Waals surface area contributed by atoms with Crippen molar-refractivity contribution >= 4 is 50.7 Å². The van der Waals surface area contributed by atoms with Gasteiger partial charge in [0.05, 0.1) is 29.9 Å². The minimum absolute atomic E-state index is 0.133. The third-order valence-corrected chi connectivity index (χ3v) is 7.48. The van der Waals surface area contributed by atoms with Gasteiger partial charge in [0.2, 0.25) is 0 Å². The number of ether oxygens (including phenoxy) is 1. The summed E-state index contributed by atoms with van der Waals surface area (Å²) in [7, 11) is 0. The van der Waals surface area contributed by atoms with Crippen molar-refractivity contribution in [3.05, 3.63) is 16.0 Å². The number of morpholine rings is 1. The first-order valence-corrected chi connectivity index (χ1v) is 10.5. The molecule has 0 radical (unpaired) electrons. The molecule has 1 fully saturated rings. The number of nitrogen functional groups attached to an aromatic ring is 2. The number of carbonyl (C=O) groups is 1. The van der Waals surface area contributed by atoms with Gasteiger partial charge in [0.1, 0.15) is 18.0 Å². The lowest BCUT2D eigenvalue weighted by molar-refractivity contribution is -0.328. The molecular weight excluding hydrogens is 370 g/mol. The lowest BCUT2D eigenvalue weighted by Crippen LogP contribution is -2.41. The van der Waals surface area contributed by atoms with Crippen molar-refractivity contribution in [2.75, 3.05) is 36.9 Å². The van der Waals surface area contributed by atoms with Gasteiger partial charge in [-0.15, -0.1) is 0 Å². The second-order valence-electron chi connectivity index (χ2n) is 7.28. The van der Waals surface area contributed by atoms with Crippen molar-refractivity contribution in [1.82, 2.24) is 5.43 Å². The molecule has 4 rings (SSSR count). The van der Waals surface area contributed by atoms with Gasteiger partial charge in [-0.3, -0.25) is 15.1 Å². The largest absolute Gasteiger partial charge is 0.397 e. The number of nitrogens with two attached hydrogens (primary N) is 2. The van der Waals surface area contributed by atoms with Crippen LogP contribution in [0, 0.1) is 0 Å². The highest BCUT2D eigenvalue weighted by atomic mass is 32.2. The molecule has 0 saturated carbocycles. The van der Waals surface area contributed by atoms with Gasteiger partial charge < -0.3 is 10.5 Å². The fraction of sp³-hybridized carbons (Fsp3) is 0.529. The van der Waals surface area contributed by atoms with Crippen LogP contribution in [0.5, 0.6) is 0 Å². The molecule has 140 valence electrons. The Morgan fingerprint density at radius 2 is 2.04 bits per heavy atom. The second kappa shape index (κ2) is 6.56. The summed E-state index contributed by atoms with van der Waals surface area (Å²) in [5, 5.41) is 0.981. The number of anilines is 2. The average molecular weight is 395 g/mol. The number of nitrogens with one attached hydrogen (secondary N) is 2. The van der Waals surface area contributed by atoms with E-state index in [0.29, 0.717) is 10.6 Å². The predicted octanol–water partition coefficient (Wildman–Crippen LogP) is 1.31. The molecule has 1 amide bonds. The van der Waals surface area contributed by atoms with Crippen molar-refractivity contribution in [2.24, 2.45) is 5.84 Å². The number of carbonyl (C=O) groups excluding carboxylic acids is 1. The van der Waals surface area contributed by atoms with E-state index < -0.39 is 0 Å². The van der Waals surface area contributed by atoms with Crippen LogP contribution in [0.4, 0.5) is 11.5 Å². The Balaban J connectivity index is 1.95. The zero-order valence-corrected chi connectivity index (χ0v) is 16.6. The van der Waals surface area contributed by atoms with Gasteiger partial charge in [-0.2, -0.15) is 11.8 Å². The van der Waals surface area contributed by atoms with E-state index in [1.54, 1.807) is 0 Å².